The SMILES string of the molecule is Oc1ccc(N(c2ccc(-c3ccc4c(c3)c3ccccc3n4-c3ccccc3)cc2)c2cccc3c2sc2ccccc23)cc1. The van der Waals surface area contributed by atoms with Gasteiger partial charge in [0.2, 0.25) is 0 Å². The molecule has 9 rings (SSSR count). The highest BCUT2D eigenvalue weighted by Crippen LogP contribution is 2.45. The minimum atomic E-state index is 0.253. The summed E-state index contributed by atoms with van der Waals surface area (Å²) in [5.74, 6) is 0.253. The van der Waals surface area contributed by atoms with Gasteiger partial charge in [0.05, 0.1) is 21.4 Å². The maximum atomic E-state index is 10.1. The van der Waals surface area contributed by atoms with Crippen molar-refractivity contribution in [2.24, 2.45) is 0 Å². The Balaban J connectivity index is 1.17. The number of benzene rings is 7. The fourth-order valence-electron chi connectivity index (χ4n) is 6.75. The third-order valence-electron chi connectivity index (χ3n) is 8.88. The summed E-state index contributed by atoms with van der Waals surface area (Å²) in [7, 11) is 0. The van der Waals surface area contributed by atoms with Crippen LogP contribution in [-0.4, -0.2) is 9.67 Å². The highest BCUT2D eigenvalue weighted by atomic mass is 32.1. The van der Waals surface area contributed by atoms with Crippen molar-refractivity contribution in [3.63, 3.8) is 0 Å². The van der Waals surface area contributed by atoms with Crippen LogP contribution in [0.25, 0.3) is 58.8 Å². The van der Waals surface area contributed by atoms with Gasteiger partial charge >= 0.3 is 0 Å². The smallest absolute Gasteiger partial charge is 0.115 e. The Bertz CT molecular complexity index is 2530. The van der Waals surface area contributed by atoms with E-state index in [1.54, 1.807) is 12.1 Å². The first-order chi connectivity index (χ1) is 22.7. The van der Waals surface area contributed by atoms with E-state index in [4.69, 9.17) is 0 Å². The number of anilines is 3. The number of aromatic hydroxyl groups is 1. The highest BCUT2D eigenvalue weighted by Gasteiger charge is 2.19. The molecule has 3 nitrogen and oxygen atoms in total. The van der Waals surface area contributed by atoms with Gasteiger partial charge in [0.25, 0.3) is 0 Å². The van der Waals surface area contributed by atoms with Crippen molar-refractivity contribution in [2.75, 3.05) is 4.90 Å². The molecule has 218 valence electrons. The van der Waals surface area contributed by atoms with Gasteiger partial charge in [0.1, 0.15) is 5.75 Å². The number of hydrogen-bond acceptors (Lipinski definition) is 3. The fraction of sp³-hybridized carbons (Fsp3) is 0. The van der Waals surface area contributed by atoms with Crippen molar-refractivity contribution in [3.8, 4) is 22.6 Å². The molecule has 0 aliphatic carbocycles. The second-order valence-electron chi connectivity index (χ2n) is 11.6. The molecule has 0 aliphatic rings. The van der Waals surface area contributed by atoms with Gasteiger partial charge in [-0.15, -0.1) is 11.3 Å². The van der Waals surface area contributed by atoms with Gasteiger partial charge in [-0.3, -0.25) is 0 Å². The number of nitrogens with zero attached hydrogens (tertiary/aromatic N) is 2. The molecule has 0 unspecified atom stereocenters. The molecule has 46 heavy (non-hydrogen) atoms. The monoisotopic (exact) mass is 608 g/mol. The molecule has 0 bridgehead atoms. The number of para-hydroxylation sites is 2. The van der Waals surface area contributed by atoms with Gasteiger partial charge in [0, 0.05) is 43.3 Å². The van der Waals surface area contributed by atoms with E-state index in [1.165, 1.54) is 47.5 Å². The molecule has 7 aromatic carbocycles. The van der Waals surface area contributed by atoms with Gasteiger partial charge in [-0.1, -0.05) is 84.9 Å². The molecular formula is C42H28N2OS. The molecule has 0 saturated heterocycles. The van der Waals surface area contributed by atoms with Gasteiger partial charge in [-0.05, 0) is 90.0 Å². The number of rotatable bonds is 5. The van der Waals surface area contributed by atoms with Crippen molar-refractivity contribution in [2.45, 2.75) is 0 Å². The molecule has 2 heterocycles. The van der Waals surface area contributed by atoms with Crippen LogP contribution in [-0.2, 0) is 0 Å². The van der Waals surface area contributed by atoms with E-state index in [2.05, 4.69) is 149 Å². The third-order valence-corrected chi connectivity index (χ3v) is 10.1. The zero-order valence-electron chi connectivity index (χ0n) is 24.8. The van der Waals surface area contributed by atoms with Crippen LogP contribution >= 0.6 is 11.3 Å². The Hall–Kier alpha value is -5.84. The first-order valence-corrected chi connectivity index (χ1v) is 16.2. The number of phenols is 1. The standard InChI is InChI=1S/C42H28N2OS/c45-33-24-22-32(23-25-33)43(40-15-8-13-36-35-12-5-7-16-41(35)46-42(36)40)31-20-17-28(18-21-31)29-19-26-39-37(27-29)34-11-4-6-14-38(34)44(39)30-9-2-1-3-10-30/h1-27,45H. The van der Waals surface area contributed by atoms with Crippen molar-refractivity contribution >= 4 is 70.4 Å². The van der Waals surface area contributed by atoms with Crippen LogP contribution < -0.4 is 4.90 Å². The predicted molar refractivity (Wildman–Crippen MR) is 195 cm³/mol. The summed E-state index contributed by atoms with van der Waals surface area (Å²) < 4.78 is 4.86. The Morgan fingerprint density at radius 3 is 1.91 bits per heavy atom. The Morgan fingerprint density at radius 2 is 1.11 bits per heavy atom. The summed E-state index contributed by atoms with van der Waals surface area (Å²) in [4.78, 5) is 2.29. The van der Waals surface area contributed by atoms with Crippen LogP contribution in [0.5, 0.6) is 5.75 Å². The van der Waals surface area contributed by atoms with E-state index in [9.17, 15) is 5.11 Å². The van der Waals surface area contributed by atoms with Crippen molar-refractivity contribution in [3.05, 3.63) is 164 Å². The second-order valence-corrected chi connectivity index (χ2v) is 12.6. The largest absolute Gasteiger partial charge is 0.508 e. The van der Waals surface area contributed by atoms with Crippen LogP contribution in [0.15, 0.2) is 164 Å². The number of thiophene rings is 1. The zero-order valence-corrected chi connectivity index (χ0v) is 25.7. The Kier molecular flexibility index (Phi) is 6.15. The highest BCUT2D eigenvalue weighted by molar-refractivity contribution is 7.26. The molecule has 0 radical (unpaired) electrons. The van der Waals surface area contributed by atoms with Gasteiger partial charge in [-0.2, -0.15) is 0 Å². The normalized spacial score (nSPS) is 11.6. The van der Waals surface area contributed by atoms with Crippen molar-refractivity contribution < 1.29 is 5.11 Å². The summed E-state index contributed by atoms with van der Waals surface area (Å²) in [5, 5.41) is 15.1. The number of hydrogen-bond donors (Lipinski definition) is 1. The molecule has 0 amide bonds. The lowest BCUT2D eigenvalue weighted by molar-refractivity contribution is 0.475. The molecule has 0 spiro atoms. The molecule has 0 aliphatic heterocycles. The predicted octanol–water partition coefficient (Wildman–Crippen LogP) is 12.0. The fourth-order valence-corrected chi connectivity index (χ4v) is 7.95. The molecule has 2 aromatic heterocycles. The van der Waals surface area contributed by atoms with E-state index in [0.717, 1.165) is 28.3 Å². The van der Waals surface area contributed by atoms with Crippen LogP contribution in [0.1, 0.15) is 0 Å². The summed E-state index contributed by atoms with van der Waals surface area (Å²) in [6.07, 6.45) is 0. The minimum absolute atomic E-state index is 0.253. The maximum absolute atomic E-state index is 10.1. The lowest BCUT2D eigenvalue weighted by Crippen LogP contribution is -2.09. The Labute approximate surface area is 270 Å². The lowest BCUT2D eigenvalue weighted by Gasteiger charge is -2.26. The lowest BCUT2D eigenvalue weighted by atomic mass is 10.0. The molecular weight excluding hydrogens is 581 g/mol. The first-order valence-electron chi connectivity index (χ1n) is 15.4. The van der Waals surface area contributed by atoms with Crippen LogP contribution in [0.3, 0.4) is 0 Å². The van der Waals surface area contributed by atoms with E-state index in [-0.39, 0.29) is 5.75 Å². The summed E-state index contributed by atoms with van der Waals surface area (Å²) in [5.41, 5.74) is 9.07. The van der Waals surface area contributed by atoms with E-state index >= 15 is 0 Å². The molecule has 0 atom stereocenters. The topological polar surface area (TPSA) is 28.4 Å². The average molecular weight is 609 g/mol. The van der Waals surface area contributed by atoms with Crippen LogP contribution in [0.4, 0.5) is 17.1 Å². The van der Waals surface area contributed by atoms with E-state index < -0.39 is 0 Å². The number of fused-ring (bicyclic) bond motifs is 6. The quantitative estimate of drug-likeness (QED) is 0.211. The zero-order chi connectivity index (χ0) is 30.6. The van der Waals surface area contributed by atoms with Gasteiger partial charge in [-0.25, -0.2) is 0 Å². The van der Waals surface area contributed by atoms with Crippen molar-refractivity contribution in [1.29, 1.82) is 0 Å². The average Bonchev–Trinajstić information content (AvgIpc) is 3.66. The third kappa shape index (κ3) is 4.26. The molecule has 4 heteroatoms. The molecule has 9 aromatic rings. The van der Waals surface area contributed by atoms with Gasteiger partial charge in [0.15, 0.2) is 0 Å². The minimum Gasteiger partial charge on any atom is -0.508 e. The first kappa shape index (κ1) is 26.6. The van der Waals surface area contributed by atoms with Crippen LogP contribution in [0.2, 0.25) is 0 Å². The number of phenolic OH excluding ortho intramolecular Hbond substituents is 1. The second kappa shape index (κ2) is 10.7. The van der Waals surface area contributed by atoms with Gasteiger partial charge < -0.3 is 14.6 Å². The maximum Gasteiger partial charge on any atom is 0.115 e. The number of aromatic nitrogens is 1. The van der Waals surface area contributed by atoms with E-state index in [0.29, 0.717) is 0 Å². The van der Waals surface area contributed by atoms with Crippen LogP contribution in [0, 0.1) is 0 Å². The summed E-state index contributed by atoms with van der Waals surface area (Å²) >= 11 is 1.82. The summed E-state index contributed by atoms with van der Waals surface area (Å²) in [6, 6.07) is 57.4. The Morgan fingerprint density at radius 1 is 0.478 bits per heavy atom. The van der Waals surface area contributed by atoms with Crippen molar-refractivity contribution in [1.82, 2.24) is 4.57 Å². The summed E-state index contributed by atoms with van der Waals surface area (Å²) in [6.45, 7) is 0. The molecule has 1 N–H and O–H groups in total. The molecule has 0 fully saturated rings. The van der Waals surface area contributed by atoms with E-state index in [1.807, 2.05) is 23.5 Å². The molecule has 0 saturated carbocycles.